The highest BCUT2D eigenvalue weighted by atomic mass is 32.1. The number of nitrogens with zero attached hydrogens (tertiary/aromatic N) is 1. The SMILES string of the molecule is CC.CC=O.O=C(O)c1cc(-c2cccc3occc23)ns1. The molecule has 2 heterocycles. The van der Waals surface area contributed by atoms with E-state index in [0.717, 1.165) is 34.4 Å². The van der Waals surface area contributed by atoms with Crippen molar-refractivity contribution in [1.29, 1.82) is 0 Å². The zero-order valence-corrected chi connectivity index (χ0v) is 13.4. The zero-order chi connectivity index (χ0) is 16.5. The Balaban J connectivity index is 0.000000435. The molecule has 5 nitrogen and oxygen atoms in total. The van der Waals surface area contributed by atoms with E-state index in [1.807, 2.05) is 38.1 Å². The second-order valence-electron chi connectivity index (χ2n) is 3.76. The van der Waals surface area contributed by atoms with Crippen LogP contribution in [0.2, 0.25) is 0 Å². The van der Waals surface area contributed by atoms with E-state index in [-0.39, 0.29) is 4.88 Å². The molecule has 116 valence electrons. The first-order chi connectivity index (χ1) is 10.7. The van der Waals surface area contributed by atoms with Crippen LogP contribution in [0.1, 0.15) is 30.4 Å². The number of carbonyl (C=O) groups excluding carboxylic acids is 1. The molecule has 22 heavy (non-hydrogen) atoms. The molecule has 1 aromatic carbocycles. The van der Waals surface area contributed by atoms with Crippen LogP contribution in [0, 0.1) is 0 Å². The van der Waals surface area contributed by atoms with Crippen LogP contribution in [0.25, 0.3) is 22.2 Å². The predicted octanol–water partition coefficient (Wildman–Crippen LogP) is 4.49. The highest BCUT2D eigenvalue weighted by Gasteiger charge is 2.12. The van der Waals surface area contributed by atoms with Crippen LogP contribution in [0.3, 0.4) is 0 Å². The van der Waals surface area contributed by atoms with Gasteiger partial charge in [0, 0.05) is 10.9 Å². The number of hydrogen-bond acceptors (Lipinski definition) is 5. The van der Waals surface area contributed by atoms with E-state index in [1.165, 1.54) is 6.92 Å². The lowest BCUT2D eigenvalue weighted by Gasteiger charge is -1.97. The van der Waals surface area contributed by atoms with Gasteiger partial charge in [-0.15, -0.1) is 0 Å². The molecule has 0 saturated heterocycles. The molecule has 0 aliphatic carbocycles. The van der Waals surface area contributed by atoms with E-state index >= 15 is 0 Å². The van der Waals surface area contributed by atoms with E-state index in [0.29, 0.717) is 5.69 Å². The average molecular weight is 319 g/mol. The Morgan fingerprint density at radius 2 is 2.00 bits per heavy atom. The van der Waals surface area contributed by atoms with E-state index in [1.54, 1.807) is 12.3 Å². The van der Waals surface area contributed by atoms with E-state index in [9.17, 15) is 4.79 Å². The van der Waals surface area contributed by atoms with Crippen LogP contribution in [-0.4, -0.2) is 21.7 Å². The first-order valence-corrected chi connectivity index (χ1v) is 7.51. The van der Waals surface area contributed by atoms with Gasteiger partial charge in [0.05, 0.1) is 12.0 Å². The van der Waals surface area contributed by atoms with E-state index in [2.05, 4.69) is 4.37 Å². The summed E-state index contributed by atoms with van der Waals surface area (Å²) in [6.45, 7) is 5.44. The van der Waals surface area contributed by atoms with Crippen molar-refractivity contribution in [2.75, 3.05) is 0 Å². The van der Waals surface area contributed by atoms with Gasteiger partial charge in [-0.2, -0.15) is 4.37 Å². The van der Waals surface area contributed by atoms with Crippen molar-refractivity contribution in [3.8, 4) is 11.3 Å². The van der Waals surface area contributed by atoms with Crippen molar-refractivity contribution in [2.24, 2.45) is 0 Å². The van der Waals surface area contributed by atoms with Crippen LogP contribution >= 0.6 is 11.5 Å². The Morgan fingerprint density at radius 3 is 2.59 bits per heavy atom. The molecule has 0 aliphatic heterocycles. The van der Waals surface area contributed by atoms with Gasteiger partial charge in [-0.1, -0.05) is 26.0 Å². The summed E-state index contributed by atoms with van der Waals surface area (Å²) in [5.74, 6) is -0.951. The van der Waals surface area contributed by atoms with Gasteiger partial charge in [0.15, 0.2) is 0 Å². The van der Waals surface area contributed by atoms with Crippen LogP contribution in [0.5, 0.6) is 0 Å². The lowest BCUT2D eigenvalue weighted by molar-refractivity contribution is -0.106. The number of hydrogen-bond donors (Lipinski definition) is 1. The third-order valence-electron chi connectivity index (χ3n) is 2.49. The van der Waals surface area contributed by atoms with Crippen molar-refractivity contribution < 1.29 is 19.1 Å². The van der Waals surface area contributed by atoms with Crippen molar-refractivity contribution in [3.63, 3.8) is 0 Å². The minimum absolute atomic E-state index is 0.237. The van der Waals surface area contributed by atoms with Crippen LogP contribution in [0.4, 0.5) is 0 Å². The molecule has 3 rings (SSSR count). The Bertz CT molecular complexity index is 745. The Labute approximate surface area is 132 Å². The van der Waals surface area contributed by atoms with Crippen LogP contribution in [0.15, 0.2) is 41.0 Å². The Hall–Kier alpha value is -2.47. The molecule has 0 unspecified atom stereocenters. The summed E-state index contributed by atoms with van der Waals surface area (Å²) in [5, 5.41) is 9.81. The largest absolute Gasteiger partial charge is 0.477 e. The summed E-state index contributed by atoms with van der Waals surface area (Å²) in [7, 11) is 0. The summed E-state index contributed by atoms with van der Waals surface area (Å²) >= 11 is 0.983. The maximum atomic E-state index is 10.8. The predicted molar refractivity (Wildman–Crippen MR) is 87.4 cm³/mol. The molecule has 0 fully saturated rings. The van der Waals surface area contributed by atoms with E-state index < -0.39 is 5.97 Å². The summed E-state index contributed by atoms with van der Waals surface area (Å²) in [6.07, 6.45) is 2.36. The molecule has 0 radical (unpaired) electrons. The molecule has 0 bridgehead atoms. The second-order valence-corrected chi connectivity index (χ2v) is 4.56. The highest BCUT2D eigenvalue weighted by Crippen LogP contribution is 2.30. The summed E-state index contributed by atoms with van der Waals surface area (Å²) in [4.78, 5) is 19.9. The number of fused-ring (bicyclic) bond motifs is 1. The smallest absolute Gasteiger partial charge is 0.347 e. The molecule has 6 heteroatoms. The van der Waals surface area contributed by atoms with Gasteiger partial charge in [0.25, 0.3) is 0 Å². The van der Waals surface area contributed by atoms with Crippen molar-refractivity contribution in [2.45, 2.75) is 20.8 Å². The molecular formula is C16H17NO4S. The zero-order valence-electron chi connectivity index (χ0n) is 12.6. The fourth-order valence-electron chi connectivity index (χ4n) is 1.72. The van der Waals surface area contributed by atoms with Crippen LogP contribution in [-0.2, 0) is 4.79 Å². The standard InChI is InChI=1S/C12H7NO3S.C2H4O.C2H6/c14-12(15)11-6-9(13-17-11)7-2-1-3-10-8(7)4-5-16-10;1-2-3;1-2/h1-6H,(H,14,15);2H,1H3;1-2H3. The van der Waals surface area contributed by atoms with Crippen molar-refractivity contribution in [3.05, 3.63) is 41.5 Å². The third-order valence-corrected chi connectivity index (χ3v) is 3.27. The van der Waals surface area contributed by atoms with Gasteiger partial charge in [0.1, 0.15) is 16.7 Å². The number of rotatable bonds is 2. The molecule has 0 spiro atoms. The molecule has 0 aliphatic rings. The monoisotopic (exact) mass is 319 g/mol. The molecule has 2 aromatic heterocycles. The highest BCUT2D eigenvalue weighted by molar-refractivity contribution is 7.08. The number of carboxylic acid groups (broad SMARTS) is 1. The number of aromatic nitrogens is 1. The number of benzene rings is 1. The second kappa shape index (κ2) is 8.74. The van der Waals surface area contributed by atoms with Crippen LogP contribution < -0.4 is 0 Å². The van der Waals surface area contributed by atoms with Crippen molar-refractivity contribution in [1.82, 2.24) is 4.37 Å². The number of carboxylic acids is 1. The summed E-state index contributed by atoms with van der Waals surface area (Å²) < 4.78 is 9.45. The first-order valence-electron chi connectivity index (χ1n) is 6.73. The average Bonchev–Trinajstić information content (AvgIpc) is 3.19. The van der Waals surface area contributed by atoms with E-state index in [4.69, 9.17) is 14.3 Å². The number of aldehydes is 1. The first kappa shape index (κ1) is 17.6. The molecule has 0 saturated carbocycles. The molecule has 0 atom stereocenters. The number of furan rings is 1. The maximum absolute atomic E-state index is 10.8. The number of carbonyl (C=O) groups is 2. The summed E-state index contributed by atoms with van der Waals surface area (Å²) in [5.41, 5.74) is 2.33. The minimum Gasteiger partial charge on any atom is -0.477 e. The van der Waals surface area contributed by atoms with Gasteiger partial charge < -0.3 is 14.3 Å². The summed E-state index contributed by atoms with van der Waals surface area (Å²) in [6, 6.07) is 9.06. The van der Waals surface area contributed by atoms with Gasteiger partial charge in [-0.05, 0) is 36.7 Å². The lowest BCUT2D eigenvalue weighted by atomic mass is 10.1. The van der Waals surface area contributed by atoms with Gasteiger partial charge in [-0.25, -0.2) is 4.79 Å². The maximum Gasteiger partial charge on any atom is 0.347 e. The molecule has 0 amide bonds. The van der Waals surface area contributed by atoms with Gasteiger partial charge in [0.2, 0.25) is 0 Å². The third kappa shape index (κ3) is 4.02. The molecule has 3 aromatic rings. The Kier molecular flexibility index (Phi) is 6.98. The minimum atomic E-state index is -0.951. The fourth-order valence-corrected chi connectivity index (χ4v) is 2.31. The molecule has 1 N–H and O–H groups in total. The lowest BCUT2D eigenvalue weighted by Crippen LogP contribution is -1.89. The fraction of sp³-hybridized carbons (Fsp3) is 0.188. The van der Waals surface area contributed by atoms with Gasteiger partial charge in [-0.3, -0.25) is 0 Å². The number of aromatic carboxylic acids is 1. The topological polar surface area (TPSA) is 80.4 Å². The molecular weight excluding hydrogens is 302 g/mol. The van der Waals surface area contributed by atoms with Crippen molar-refractivity contribution >= 4 is 34.8 Å². The normalized spacial score (nSPS) is 9.23. The van der Waals surface area contributed by atoms with Gasteiger partial charge >= 0.3 is 5.97 Å². The Morgan fingerprint density at radius 1 is 1.32 bits per heavy atom. The quantitative estimate of drug-likeness (QED) is 0.704.